The molecule has 6 heteroatoms. The van der Waals surface area contributed by atoms with Crippen LogP contribution in [0.1, 0.15) is 35.5 Å². The fourth-order valence-electron chi connectivity index (χ4n) is 2.86. The number of nitrogens with zero attached hydrogens (tertiary/aromatic N) is 2. The van der Waals surface area contributed by atoms with E-state index in [9.17, 15) is 4.79 Å². The van der Waals surface area contributed by atoms with Gasteiger partial charge in [-0.3, -0.25) is 0 Å². The van der Waals surface area contributed by atoms with Crippen molar-refractivity contribution in [3.63, 3.8) is 0 Å². The molecule has 1 fully saturated rings. The van der Waals surface area contributed by atoms with Gasteiger partial charge in [-0.1, -0.05) is 12.1 Å². The Kier molecular flexibility index (Phi) is 5.69. The van der Waals surface area contributed by atoms with Crippen molar-refractivity contribution in [1.82, 2.24) is 15.6 Å². The van der Waals surface area contributed by atoms with Gasteiger partial charge in [0.05, 0.1) is 6.54 Å². The van der Waals surface area contributed by atoms with Gasteiger partial charge in [0.15, 0.2) is 0 Å². The lowest BCUT2D eigenvalue weighted by Gasteiger charge is -2.28. The predicted octanol–water partition coefficient (Wildman–Crippen LogP) is 3.44. The van der Waals surface area contributed by atoms with E-state index in [-0.39, 0.29) is 6.03 Å². The van der Waals surface area contributed by atoms with Crippen LogP contribution in [-0.4, -0.2) is 24.1 Å². The molecule has 5 nitrogen and oxygen atoms in total. The van der Waals surface area contributed by atoms with Gasteiger partial charge in [-0.05, 0) is 43.9 Å². The van der Waals surface area contributed by atoms with Crippen molar-refractivity contribution >= 4 is 23.1 Å². The maximum Gasteiger partial charge on any atom is 0.315 e. The maximum absolute atomic E-state index is 11.9. The van der Waals surface area contributed by atoms with Gasteiger partial charge in [-0.25, -0.2) is 9.78 Å². The van der Waals surface area contributed by atoms with Crippen LogP contribution in [0.25, 0.3) is 0 Å². The topological polar surface area (TPSA) is 57.3 Å². The van der Waals surface area contributed by atoms with Crippen molar-refractivity contribution in [3.05, 3.63) is 45.9 Å². The van der Waals surface area contributed by atoms with Crippen LogP contribution < -0.4 is 15.5 Å². The summed E-state index contributed by atoms with van der Waals surface area (Å²) in [6, 6.07) is 8.32. The Balaban J connectivity index is 1.43. The molecule has 24 heavy (non-hydrogen) atoms. The summed E-state index contributed by atoms with van der Waals surface area (Å²) in [4.78, 5) is 18.6. The molecule has 0 bridgehead atoms. The molecule has 2 aromatic rings. The van der Waals surface area contributed by atoms with E-state index in [2.05, 4.69) is 44.8 Å². The number of piperidine rings is 1. The number of benzene rings is 1. The zero-order valence-corrected chi connectivity index (χ0v) is 14.9. The number of hydrogen-bond donors (Lipinski definition) is 2. The second-order valence-corrected chi connectivity index (χ2v) is 7.08. The Bertz CT molecular complexity index is 662. The fourth-order valence-corrected chi connectivity index (χ4v) is 3.57. The summed E-state index contributed by atoms with van der Waals surface area (Å²) in [5.74, 6) is 0. The zero-order valence-electron chi connectivity index (χ0n) is 14.0. The van der Waals surface area contributed by atoms with E-state index in [1.165, 1.54) is 24.9 Å². The van der Waals surface area contributed by atoms with E-state index in [0.717, 1.165) is 29.4 Å². The van der Waals surface area contributed by atoms with E-state index >= 15 is 0 Å². The summed E-state index contributed by atoms with van der Waals surface area (Å²) < 4.78 is 0. The van der Waals surface area contributed by atoms with Crippen molar-refractivity contribution in [1.29, 1.82) is 0 Å². The number of aromatic nitrogens is 1. The Morgan fingerprint density at radius 3 is 2.50 bits per heavy atom. The minimum atomic E-state index is -0.164. The standard InChI is InChI=1S/C18H24N4OS/c1-14-13-24-17(21-14)12-20-18(23)19-11-15-5-7-16(8-6-15)22-9-3-2-4-10-22/h5-8,13H,2-4,9-12H2,1H3,(H2,19,20,23). The van der Waals surface area contributed by atoms with Crippen LogP contribution in [0.2, 0.25) is 0 Å². The number of aryl methyl sites for hydroxylation is 1. The monoisotopic (exact) mass is 344 g/mol. The Labute approximate surface area is 147 Å². The van der Waals surface area contributed by atoms with Crippen LogP contribution in [0.3, 0.4) is 0 Å². The minimum absolute atomic E-state index is 0.164. The molecule has 1 aliphatic rings. The minimum Gasteiger partial charge on any atom is -0.372 e. The highest BCUT2D eigenvalue weighted by molar-refractivity contribution is 7.09. The van der Waals surface area contributed by atoms with Crippen LogP contribution in [0.4, 0.5) is 10.5 Å². The number of carbonyl (C=O) groups excluding carboxylic acids is 1. The van der Waals surface area contributed by atoms with Gasteiger partial charge in [-0.15, -0.1) is 11.3 Å². The molecule has 3 rings (SSSR count). The molecule has 2 amide bonds. The highest BCUT2D eigenvalue weighted by Gasteiger charge is 2.10. The van der Waals surface area contributed by atoms with Gasteiger partial charge in [-0.2, -0.15) is 0 Å². The second-order valence-electron chi connectivity index (χ2n) is 6.13. The summed E-state index contributed by atoms with van der Waals surface area (Å²) in [5, 5.41) is 8.63. The van der Waals surface area contributed by atoms with Gasteiger partial charge < -0.3 is 15.5 Å². The van der Waals surface area contributed by atoms with E-state index in [1.54, 1.807) is 11.3 Å². The third kappa shape index (κ3) is 4.71. The molecule has 0 unspecified atom stereocenters. The van der Waals surface area contributed by atoms with Gasteiger partial charge >= 0.3 is 6.03 Å². The van der Waals surface area contributed by atoms with Gasteiger partial charge in [0.2, 0.25) is 0 Å². The van der Waals surface area contributed by atoms with Crippen molar-refractivity contribution in [3.8, 4) is 0 Å². The number of hydrogen-bond acceptors (Lipinski definition) is 4. The molecular weight excluding hydrogens is 320 g/mol. The van der Waals surface area contributed by atoms with Crippen LogP contribution in [-0.2, 0) is 13.1 Å². The second kappa shape index (κ2) is 8.15. The molecule has 0 aliphatic carbocycles. The smallest absolute Gasteiger partial charge is 0.315 e. The number of thiazole rings is 1. The Hall–Kier alpha value is -2.08. The molecule has 2 heterocycles. The highest BCUT2D eigenvalue weighted by Crippen LogP contribution is 2.20. The first-order chi connectivity index (χ1) is 11.7. The summed E-state index contributed by atoms with van der Waals surface area (Å²) in [7, 11) is 0. The number of rotatable bonds is 5. The third-order valence-electron chi connectivity index (χ3n) is 4.18. The number of nitrogens with one attached hydrogen (secondary N) is 2. The number of urea groups is 1. The van der Waals surface area contributed by atoms with Crippen molar-refractivity contribution in [2.24, 2.45) is 0 Å². The number of amides is 2. The number of anilines is 1. The fraction of sp³-hybridized carbons (Fsp3) is 0.444. The first-order valence-corrected chi connectivity index (χ1v) is 9.35. The molecule has 1 aromatic carbocycles. The molecule has 2 N–H and O–H groups in total. The van der Waals surface area contributed by atoms with Crippen molar-refractivity contribution in [2.75, 3.05) is 18.0 Å². The first kappa shape index (κ1) is 16.8. The summed E-state index contributed by atoms with van der Waals surface area (Å²) in [6.45, 7) is 5.25. The average molecular weight is 344 g/mol. The summed E-state index contributed by atoms with van der Waals surface area (Å²) >= 11 is 1.56. The molecule has 0 radical (unpaired) electrons. The lowest BCUT2D eigenvalue weighted by molar-refractivity contribution is 0.240. The van der Waals surface area contributed by atoms with Crippen LogP contribution in [0.15, 0.2) is 29.6 Å². The molecular formula is C18H24N4OS. The van der Waals surface area contributed by atoms with Crippen LogP contribution in [0, 0.1) is 6.92 Å². The van der Waals surface area contributed by atoms with Crippen molar-refractivity contribution in [2.45, 2.75) is 39.3 Å². The van der Waals surface area contributed by atoms with E-state index in [0.29, 0.717) is 13.1 Å². The molecule has 0 spiro atoms. The average Bonchev–Trinajstić information content (AvgIpc) is 3.05. The maximum atomic E-state index is 11.9. The molecule has 0 atom stereocenters. The van der Waals surface area contributed by atoms with Gasteiger partial charge in [0.25, 0.3) is 0 Å². The van der Waals surface area contributed by atoms with E-state index in [4.69, 9.17) is 0 Å². The van der Waals surface area contributed by atoms with Crippen molar-refractivity contribution < 1.29 is 4.79 Å². The SMILES string of the molecule is Cc1csc(CNC(=O)NCc2ccc(N3CCCCC3)cc2)n1. The highest BCUT2D eigenvalue weighted by atomic mass is 32.1. The zero-order chi connectivity index (χ0) is 16.8. The molecule has 1 aromatic heterocycles. The largest absolute Gasteiger partial charge is 0.372 e. The molecule has 128 valence electrons. The quantitative estimate of drug-likeness (QED) is 0.873. The summed E-state index contributed by atoms with van der Waals surface area (Å²) in [5.41, 5.74) is 3.38. The number of carbonyl (C=O) groups is 1. The van der Waals surface area contributed by atoms with E-state index < -0.39 is 0 Å². The first-order valence-electron chi connectivity index (χ1n) is 8.47. The Morgan fingerprint density at radius 1 is 1.12 bits per heavy atom. The normalized spacial score (nSPS) is 14.5. The van der Waals surface area contributed by atoms with Gasteiger partial charge in [0.1, 0.15) is 5.01 Å². The molecule has 1 aliphatic heterocycles. The lowest BCUT2D eigenvalue weighted by atomic mass is 10.1. The van der Waals surface area contributed by atoms with Gasteiger partial charge in [0, 0.05) is 36.4 Å². The third-order valence-corrected chi connectivity index (χ3v) is 5.14. The lowest BCUT2D eigenvalue weighted by Crippen LogP contribution is -2.34. The van der Waals surface area contributed by atoms with Crippen LogP contribution in [0.5, 0.6) is 0 Å². The van der Waals surface area contributed by atoms with E-state index in [1.807, 2.05) is 12.3 Å². The van der Waals surface area contributed by atoms with Crippen LogP contribution >= 0.6 is 11.3 Å². The molecule has 0 saturated carbocycles. The summed E-state index contributed by atoms with van der Waals surface area (Å²) in [6.07, 6.45) is 3.90. The molecule has 1 saturated heterocycles. The Morgan fingerprint density at radius 2 is 1.83 bits per heavy atom. The predicted molar refractivity (Wildman–Crippen MR) is 98.4 cm³/mol.